The van der Waals surface area contributed by atoms with E-state index in [4.69, 9.17) is 0 Å². The van der Waals surface area contributed by atoms with Gasteiger partial charge in [-0.2, -0.15) is 5.10 Å². The van der Waals surface area contributed by atoms with Crippen LogP contribution in [0.5, 0.6) is 0 Å². The molecule has 0 saturated carbocycles. The number of rotatable bonds is 4. The van der Waals surface area contributed by atoms with E-state index in [1.807, 2.05) is 50.4 Å². The predicted octanol–water partition coefficient (Wildman–Crippen LogP) is 3.66. The Kier molecular flexibility index (Phi) is 4.69. The molecule has 1 aromatic heterocycles. The topological polar surface area (TPSA) is 46.9 Å². The number of carbonyl (C=O) groups is 1. The minimum atomic E-state index is -0.331. The van der Waals surface area contributed by atoms with E-state index in [2.05, 4.69) is 31.2 Å². The molecular formula is C18H25N3O. The summed E-state index contributed by atoms with van der Waals surface area (Å²) in [5.41, 5.74) is 2.16. The number of carbonyl (C=O) groups excluding carboxylic acids is 1. The lowest BCUT2D eigenvalue weighted by atomic mass is 9.88. The fraction of sp³-hybridized carbons (Fsp3) is 0.444. The second kappa shape index (κ2) is 6.34. The molecule has 1 amide bonds. The van der Waals surface area contributed by atoms with E-state index in [9.17, 15) is 4.79 Å². The van der Waals surface area contributed by atoms with Gasteiger partial charge in [0.25, 0.3) is 0 Å². The summed E-state index contributed by atoms with van der Waals surface area (Å²) in [7, 11) is 0. The van der Waals surface area contributed by atoms with Gasteiger partial charge in [0.2, 0.25) is 5.91 Å². The molecule has 1 aromatic carbocycles. The number of amides is 1. The maximum absolute atomic E-state index is 12.4. The number of hydrogen-bond donors (Lipinski definition) is 1. The van der Waals surface area contributed by atoms with Crippen molar-refractivity contribution in [3.8, 4) is 11.1 Å². The van der Waals surface area contributed by atoms with Crippen molar-refractivity contribution in [1.29, 1.82) is 0 Å². The van der Waals surface area contributed by atoms with Crippen molar-refractivity contribution < 1.29 is 4.79 Å². The summed E-state index contributed by atoms with van der Waals surface area (Å²) >= 11 is 0. The predicted molar refractivity (Wildman–Crippen MR) is 89.4 cm³/mol. The van der Waals surface area contributed by atoms with Crippen LogP contribution in [-0.2, 0) is 4.79 Å². The van der Waals surface area contributed by atoms with Crippen molar-refractivity contribution in [2.45, 2.75) is 46.7 Å². The van der Waals surface area contributed by atoms with Crippen molar-refractivity contribution in [2.24, 2.45) is 5.41 Å². The van der Waals surface area contributed by atoms with Crippen LogP contribution in [0.4, 0.5) is 0 Å². The maximum Gasteiger partial charge on any atom is 0.244 e. The van der Waals surface area contributed by atoms with E-state index >= 15 is 0 Å². The summed E-state index contributed by atoms with van der Waals surface area (Å²) < 4.78 is 1.72. The molecule has 0 saturated heterocycles. The third kappa shape index (κ3) is 3.75. The lowest BCUT2D eigenvalue weighted by molar-refractivity contribution is -0.125. The monoisotopic (exact) mass is 299 g/mol. The first-order valence-corrected chi connectivity index (χ1v) is 7.69. The Morgan fingerprint density at radius 3 is 2.36 bits per heavy atom. The Hall–Kier alpha value is -2.10. The summed E-state index contributed by atoms with van der Waals surface area (Å²) in [4.78, 5) is 12.4. The highest BCUT2D eigenvalue weighted by Gasteiger charge is 2.24. The molecule has 4 heteroatoms. The lowest BCUT2D eigenvalue weighted by Crippen LogP contribution is -2.44. The molecule has 0 fully saturated rings. The molecule has 2 rings (SSSR count). The first-order valence-electron chi connectivity index (χ1n) is 7.69. The van der Waals surface area contributed by atoms with Crippen molar-refractivity contribution in [3.63, 3.8) is 0 Å². The molecule has 22 heavy (non-hydrogen) atoms. The summed E-state index contributed by atoms with van der Waals surface area (Å²) in [5, 5.41) is 7.41. The molecule has 0 bridgehead atoms. The summed E-state index contributed by atoms with van der Waals surface area (Å²) in [6, 6.07) is 9.81. The molecule has 118 valence electrons. The number of hydrogen-bond acceptors (Lipinski definition) is 2. The zero-order chi connectivity index (χ0) is 16.3. The van der Waals surface area contributed by atoms with Crippen LogP contribution in [0.3, 0.4) is 0 Å². The molecule has 0 aliphatic carbocycles. The van der Waals surface area contributed by atoms with E-state index in [1.165, 1.54) is 0 Å². The minimum absolute atomic E-state index is 0.00913. The van der Waals surface area contributed by atoms with Gasteiger partial charge in [-0.25, -0.2) is 0 Å². The average Bonchev–Trinajstić information content (AvgIpc) is 2.96. The largest absolute Gasteiger partial charge is 0.351 e. The van der Waals surface area contributed by atoms with Crippen LogP contribution in [0, 0.1) is 5.41 Å². The van der Waals surface area contributed by atoms with Crippen molar-refractivity contribution in [3.05, 3.63) is 42.7 Å². The number of nitrogens with one attached hydrogen (secondary N) is 1. The van der Waals surface area contributed by atoms with E-state index in [1.54, 1.807) is 10.9 Å². The molecule has 2 atom stereocenters. The normalized spacial score (nSPS) is 14.4. The Balaban J connectivity index is 2.09. The first kappa shape index (κ1) is 16.3. The third-order valence-corrected chi connectivity index (χ3v) is 4.14. The van der Waals surface area contributed by atoms with Crippen LogP contribution >= 0.6 is 0 Å². The highest BCUT2D eigenvalue weighted by atomic mass is 16.2. The van der Waals surface area contributed by atoms with Gasteiger partial charge >= 0.3 is 0 Å². The van der Waals surface area contributed by atoms with Crippen LogP contribution in [0.2, 0.25) is 0 Å². The molecule has 0 spiro atoms. The van der Waals surface area contributed by atoms with Gasteiger partial charge in [0, 0.05) is 17.8 Å². The van der Waals surface area contributed by atoms with Gasteiger partial charge < -0.3 is 5.32 Å². The van der Waals surface area contributed by atoms with Gasteiger partial charge in [0.05, 0.1) is 6.20 Å². The standard InChI is InChI=1S/C18H25N3O/c1-13(17(22)20-14(2)18(3,4)5)21-12-16(11-19-21)15-9-7-6-8-10-15/h6-14H,1-5H3,(H,20,22)/t13-,14+/m0/s1. The van der Waals surface area contributed by atoms with E-state index < -0.39 is 0 Å². The Morgan fingerprint density at radius 1 is 1.14 bits per heavy atom. The molecule has 0 unspecified atom stereocenters. The van der Waals surface area contributed by atoms with Gasteiger partial charge in [-0.05, 0) is 24.8 Å². The molecule has 0 aliphatic rings. The number of nitrogens with zero attached hydrogens (tertiary/aromatic N) is 2. The second-order valence-electron chi connectivity index (χ2n) is 6.85. The minimum Gasteiger partial charge on any atom is -0.351 e. The second-order valence-corrected chi connectivity index (χ2v) is 6.85. The van der Waals surface area contributed by atoms with Gasteiger partial charge in [0.1, 0.15) is 6.04 Å². The average molecular weight is 299 g/mol. The van der Waals surface area contributed by atoms with Gasteiger partial charge in [-0.3, -0.25) is 9.48 Å². The van der Waals surface area contributed by atoms with Crippen LogP contribution in [0.15, 0.2) is 42.7 Å². The zero-order valence-electron chi connectivity index (χ0n) is 14.0. The molecule has 0 aliphatic heterocycles. The summed E-state index contributed by atoms with van der Waals surface area (Å²) in [6.45, 7) is 10.2. The zero-order valence-corrected chi connectivity index (χ0v) is 14.0. The van der Waals surface area contributed by atoms with Crippen molar-refractivity contribution >= 4 is 5.91 Å². The number of aromatic nitrogens is 2. The van der Waals surface area contributed by atoms with Crippen LogP contribution in [0.25, 0.3) is 11.1 Å². The Labute approximate surface area is 132 Å². The third-order valence-electron chi connectivity index (χ3n) is 4.14. The van der Waals surface area contributed by atoms with E-state index in [0.717, 1.165) is 11.1 Å². The van der Waals surface area contributed by atoms with E-state index in [-0.39, 0.29) is 23.4 Å². The van der Waals surface area contributed by atoms with Crippen LogP contribution in [0.1, 0.15) is 40.7 Å². The SMILES string of the molecule is C[C@@H](C(=O)N[C@H](C)C(C)(C)C)n1cc(-c2ccccc2)cn1. The highest BCUT2D eigenvalue weighted by Crippen LogP contribution is 2.21. The molecule has 1 heterocycles. The van der Waals surface area contributed by atoms with Gasteiger partial charge in [0.15, 0.2) is 0 Å². The fourth-order valence-electron chi connectivity index (χ4n) is 2.00. The first-order chi connectivity index (χ1) is 10.3. The van der Waals surface area contributed by atoms with Crippen molar-refractivity contribution in [2.75, 3.05) is 0 Å². The van der Waals surface area contributed by atoms with E-state index in [0.29, 0.717) is 0 Å². The molecular weight excluding hydrogens is 274 g/mol. The summed E-state index contributed by atoms with van der Waals surface area (Å²) in [6.07, 6.45) is 3.72. The van der Waals surface area contributed by atoms with Crippen LogP contribution < -0.4 is 5.32 Å². The molecule has 0 radical (unpaired) electrons. The van der Waals surface area contributed by atoms with Crippen LogP contribution in [-0.4, -0.2) is 21.7 Å². The molecule has 4 nitrogen and oxygen atoms in total. The Bertz CT molecular complexity index is 625. The van der Waals surface area contributed by atoms with Gasteiger partial charge in [-0.15, -0.1) is 0 Å². The molecule has 1 N–H and O–H groups in total. The highest BCUT2D eigenvalue weighted by molar-refractivity contribution is 5.80. The maximum atomic E-state index is 12.4. The quantitative estimate of drug-likeness (QED) is 0.936. The van der Waals surface area contributed by atoms with Gasteiger partial charge in [-0.1, -0.05) is 51.1 Å². The summed E-state index contributed by atoms with van der Waals surface area (Å²) in [5.74, 6) is -0.00913. The lowest BCUT2D eigenvalue weighted by Gasteiger charge is -2.29. The number of benzene rings is 1. The molecule has 2 aromatic rings. The Morgan fingerprint density at radius 2 is 1.77 bits per heavy atom. The fourth-order valence-corrected chi connectivity index (χ4v) is 2.00. The smallest absolute Gasteiger partial charge is 0.244 e. The van der Waals surface area contributed by atoms with Crippen molar-refractivity contribution in [1.82, 2.24) is 15.1 Å².